The molecule has 0 spiro atoms. The zero-order valence-electron chi connectivity index (χ0n) is 11.0. The first-order valence-electron chi connectivity index (χ1n) is 6.62. The summed E-state index contributed by atoms with van der Waals surface area (Å²) >= 11 is 2.39. The molecule has 0 amide bonds. The number of hydrogen-bond acceptors (Lipinski definition) is 2. The molecule has 102 valence electrons. The van der Waals surface area contributed by atoms with Crippen molar-refractivity contribution in [2.24, 2.45) is 0 Å². The third-order valence-corrected chi connectivity index (χ3v) is 3.88. The van der Waals surface area contributed by atoms with Gasteiger partial charge in [-0.25, -0.2) is 0 Å². The molecule has 3 rings (SSSR count). The molecule has 0 N–H and O–H groups in total. The SMILES string of the molecule is ICC[C@H](Oc1cccc2ccoc12)c1ccccc1. The van der Waals surface area contributed by atoms with Crippen molar-refractivity contribution in [2.45, 2.75) is 12.5 Å². The van der Waals surface area contributed by atoms with Crippen molar-refractivity contribution in [2.75, 3.05) is 4.43 Å². The van der Waals surface area contributed by atoms with Gasteiger partial charge in [0.05, 0.1) is 6.26 Å². The Morgan fingerprint density at radius 3 is 2.65 bits per heavy atom. The summed E-state index contributed by atoms with van der Waals surface area (Å²) < 4.78 is 12.8. The Balaban J connectivity index is 1.92. The highest BCUT2D eigenvalue weighted by molar-refractivity contribution is 14.1. The molecule has 0 fully saturated rings. The van der Waals surface area contributed by atoms with Crippen LogP contribution in [0.5, 0.6) is 5.75 Å². The van der Waals surface area contributed by atoms with Gasteiger partial charge in [-0.2, -0.15) is 0 Å². The molecule has 3 heteroatoms. The summed E-state index contributed by atoms with van der Waals surface area (Å²) in [5, 5.41) is 1.07. The molecule has 20 heavy (non-hydrogen) atoms. The van der Waals surface area contributed by atoms with Crippen molar-refractivity contribution >= 4 is 33.6 Å². The molecule has 0 unspecified atom stereocenters. The molecule has 2 aromatic carbocycles. The average molecular weight is 378 g/mol. The lowest BCUT2D eigenvalue weighted by molar-refractivity contribution is 0.204. The molecule has 1 aromatic heterocycles. The number of benzene rings is 2. The van der Waals surface area contributed by atoms with Crippen LogP contribution in [0.3, 0.4) is 0 Å². The highest BCUT2D eigenvalue weighted by Crippen LogP contribution is 2.31. The first-order valence-corrected chi connectivity index (χ1v) is 8.15. The standard InChI is InChI=1S/C17H15IO2/c18-11-9-15(13-5-2-1-3-6-13)20-16-8-4-7-14-10-12-19-17(14)16/h1-8,10,12,15H,9,11H2/t15-/m0/s1. The molecule has 0 saturated heterocycles. The Morgan fingerprint density at radius 1 is 1.00 bits per heavy atom. The van der Waals surface area contributed by atoms with Crippen LogP contribution in [0.15, 0.2) is 65.3 Å². The van der Waals surface area contributed by atoms with E-state index < -0.39 is 0 Å². The molecule has 0 aliphatic heterocycles. The second-order valence-electron chi connectivity index (χ2n) is 4.59. The van der Waals surface area contributed by atoms with E-state index in [2.05, 4.69) is 34.7 Å². The molecule has 0 saturated carbocycles. The molecule has 2 nitrogen and oxygen atoms in total. The van der Waals surface area contributed by atoms with E-state index >= 15 is 0 Å². The van der Waals surface area contributed by atoms with E-state index in [0.717, 1.165) is 27.6 Å². The Kier molecular flexibility index (Phi) is 4.25. The molecule has 1 heterocycles. The van der Waals surface area contributed by atoms with Gasteiger partial charge in [-0.15, -0.1) is 0 Å². The third-order valence-electron chi connectivity index (χ3n) is 3.25. The van der Waals surface area contributed by atoms with Crippen LogP contribution in [0.1, 0.15) is 18.1 Å². The van der Waals surface area contributed by atoms with E-state index in [1.807, 2.05) is 42.5 Å². The van der Waals surface area contributed by atoms with Crippen molar-refractivity contribution in [1.82, 2.24) is 0 Å². The van der Waals surface area contributed by atoms with Crippen molar-refractivity contribution in [3.63, 3.8) is 0 Å². The van der Waals surface area contributed by atoms with E-state index in [1.165, 1.54) is 5.56 Å². The lowest BCUT2D eigenvalue weighted by Crippen LogP contribution is -2.08. The van der Waals surface area contributed by atoms with Gasteiger partial charge >= 0.3 is 0 Å². The van der Waals surface area contributed by atoms with Crippen molar-refractivity contribution in [3.05, 3.63) is 66.4 Å². The summed E-state index contributed by atoms with van der Waals surface area (Å²) in [7, 11) is 0. The van der Waals surface area contributed by atoms with Gasteiger partial charge in [-0.3, -0.25) is 0 Å². The molecule has 3 aromatic rings. The second-order valence-corrected chi connectivity index (χ2v) is 5.67. The van der Waals surface area contributed by atoms with Gasteiger partial charge in [0.1, 0.15) is 6.10 Å². The predicted octanol–water partition coefficient (Wildman–Crippen LogP) is 5.38. The summed E-state index contributed by atoms with van der Waals surface area (Å²) in [6, 6.07) is 18.3. The van der Waals surface area contributed by atoms with Gasteiger partial charge in [0, 0.05) is 9.81 Å². The fraction of sp³-hybridized carbons (Fsp3) is 0.176. The maximum Gasteiger partial charge on any atom is 0.175 e. The number of halogens is 1. The molecule has 0 bridgehead atoms. The van der Waals surface area contributed by atoms with Crippen LogP contribution in [-0.2, 0) is 0 Å². The normalized spacial score (nSPS) is 12.4. The summed E-state index contributed by atoms with van der Waals surface area (Å²) in [5.41, 5.74) is 2.02. The Morgan fingerprint density at radius 2 is 1.85 bits per heavy atom. The molecule has 0 radical (unpaired) electrons. The Labute approximate surface area is 131 Å². The van der Waals surface area contributed by atoms with Crippen molar-refractivity contribution in [1.29, 1.82) is 0 Å². The van der Waals surface area contributed by atoms with E-state index in [1.54, 1.807) is 6.26 Å². The first-order chi connectivity index (χ1) is 9.88. The van der Waals surface area contributed by atoms with E-state index in [9.17, 15) is 0 Å². The molecule has 0 aliphatic rings. The fourth-order valence-electron chi connectivity index (χ4n) is 2.27. The lowest BCUT2D eigenvalue weighted by Gasteiger charge is -2.18. The number of rotatable bonds is 5. The van der Waals surface area contributed by atoms with Crippen molar-refractivity contribution < 1.29 is 9.15 Å². The molecule has 0 aliphatic carbocycles. The predicted molar refractivity (Wildman–Crippen MR) is 89.5 cm³/mol. The minimum atomic E-state index is 0.0591. The smallest absolute Gasteiger partial charge is 0.175 e. The first kappa shape index (κ1) is 13.5. The fourth-order valence-corrected chi connectivity index (χ4v) is 2.84. The molecule has 1 atom stereocenters. The number of alkyl halides is 1. The largest absolute Gasteiger partial charge is 0.482 e. The maximum atomic E-state index is 6.21. The van der Waals surface area contributed by atoms with E-state index in [0.29, 0.717) is 0 Å². The minimum Gasteiger partial charge on any atom is -0.482 e. The van der Waals surface area contributed by atoms with Crippen LogP contribution in [0.25, 0.3) is 11.0 Å². The van der Waals surface area contributed by atoms with E-state index in [-0.39, 0.29) is 6.10 Å². The molecular weight excluding hydrogens is 363 g/mol. The van der Waals surface area contributed by atoms with Gasteiger partial charge in [0.15, 0.2) is 11.3 Å². The number of ether oxygens (including phenoxy) is 1. The highest BCUT2D eigenvalue weighted by Gasteiger charge is 2.15. The van der Waals surface area contributed by atoms with Gasteiger partial charge in [0.2, 0.25) is 0 Å². The van der Waals surface area contributed by atoms with Gasteiger partial charge < -0.3 is 9.15 Å². The van der Waals surface area contributed by atoms with E-state index in [4.69, 9.17) is 9.15 Å². The monoisotopic (exact) mass is 378 g/mol. The van der Waals surface area contributed by atoms with Crippen LogP contribution in [-0.4, -0.2) is 4.43 Å². The summed E-state index contributed by atoms with van der Waals surface area (Å²) in [6.07, 6.45) is 2.73. The Bertz CT molecular complexity index is 676. The summed E-state index contributed by atoms with van der Waals surface area (Å²) in [4.78, 5) is 0. The number of hydrogen-bond donors (Lipinski definition) is 0. The van der Waals surface area contributed by atoms with Crippen molar-refractivity contribution in [3.8, 4) is 5.75 Å². The summed E-state index contributed by atoms with van der Waals surface area (Å²) in [5.74, 6) is 0.811. The topological polar surface area (TPSA) is 22.4 Å². The van der Waals surface area contributed by atoms with Gasteiger partial charge in [0.25, 0.3) is 0 Å². The average Bonchev–Trinajstić information content (AvgIpc) is 2.97. The summed E-state index contributed by atoms with van der Waals surface area (Å²) in [6.45, 7) is 0. The number of furan rings is 1. The molecular formula is C17H15IO2. The quantitative estimate of drug-likeness (QED) is 0.440. The van der Waals surface area contributed by atoms with Crippen LogP contribution in [0.2, 0.25) is 0 Å². The van der Waals surface area contributed by atoms with Gasteiger partial charge in [-0.05, 0) is 24.1 Å². The zero-order valence-corrected chi connectivity index (χ0v) is 13.1. The zero-order chi connectivity index (χ0) is 13.8. The maximum absolute atomic E-state index is 6.21. The van der Waals surface area contributed by atoms with Gasteiger partial charge in [-0.1, -0.05) is 65.1 Å². The number of fused-ring (bicyclic) bond motifs is 1. The third kappa shape index (κ3) is 2.82. The van der Waals surface area contributed by atoms with Crippen LogP contribution in [0.4, 0.5) is 0 Å². The number of para-hydroxylation sites is 1. The highest BCUT2D eigenvalue weighted by atomic mass is 127. The van der Waals surface area contributed by atoms with Crippen LogP contribution >= 0.6 is 22.6 Å². The lowest BCUT2D eigenvalue weighted by atomic mass is 10.1. The minimum absolute atomic E-state index is 0.0591. The second kappa shape index (κ2) is 6.31. The Hall–Kier alpha value is -1.49. The van der Waals surface area contributed by atoms with Crippen LogP contribution < -0.4 is 4.74 Å². The van der Waals surface area contributed by atoms with Crippen LogP contribution in [0, 0.1) is 0 Å².